The minimum atomic E-state index is 0.859. The third-order valence-electron chi connectivity index (χ3n) is 12.2. The molecular formula is C58H38N2O. The molecule has 0 bridgehead atoms. The first-order valence-electron chi connectivity index (χ1n) is 20.8. The molecule has 3 heteroatoms. The highest BCUT2D eigenvalue weighted by Gasteiger charge is 2.21. The van der Waals surface area contributed by atoms with Crippen LogP contribution in [0.5, 0.6) is 0 Å². The Morgan fingerprint density at radius 3 is 1.52 bits per heavy atom. The maximum absolute atomic E-state index is 6.76. The number of fused-ring (bicyclic) bond motifs is 8. The molecule has 10 aromatic carbocycles. The monoisotopic (exact) mass is 778 g/mol. The first-order valence-corrected chi connectivity index (χ1v) is 20.8. The maximum Gasteiger partial charge on any atom is 0.213 e. The Kier molecular flexibility index (Phi) is 8.17. The van der Waals surface area contributed by atoms with Crippen molar-refractivity contribution < 1.29 is 4.42 Å². The Morgan fingerprint density at radius 2 is 0.836 bits per heavy atom. The molecule has 0 saturated heterocycles. The average molecular weight is 779 g/mol. The Labute approximate surface area is 353 Å². The second-order valence-electron chi connectivity index (χ2n) is 15.7. The number of para-hydroxylation sites is 1. The lowest BCUT2D eigenvalue weighted by molar-refractivity contribution is 0.658. The van der Waals surface area contributed by atoms with Crippen LogP contribution in [0.25, 0.3) is 93.8 Å². The summed E-state index contributed by atoms with van der Waals surface area (Å²) in [4.78, 5) is 2.40. The minimum absolute atomic E-state index is 0.859. The number of oxazole rings is 1. The van der Waals surface area contributed by atoms with Gasteiger partial charge in [-0.3, -0.25) is 4.40 Å². The summed E-state index contributed by atoms with van der Waals surface area (Å²) in [6.07, 6.45) is 0. The molecule has 0 fully saturated rings. The highest BCUT2D eigenvalue weighted by molar-refractivity contribution is 6.14. The van der Waals surface area contributed by atoms with Gasteiger partial charge in [0.25, 0.3) is 0 Å². The van der Waals surface area contributed by atoms with Crippen molar-refractivity contribution in [3.05, 3.63) is 231 Å². The SMILES string of the molecule is c1ccc(-c2cccc(-c3ccc(N(c4ccc(-c5ccc6c(c5)oc5c(-c7ccccc7)c7ccccc7n56)cc4)c4cc5ccccc5c5ccccc45)cc3)c2)cc1. The van der Waals surface area contributed by atoms with Crippen molar-refractivity contribution in [2.45, 2.75) is 0 Å². The molecule has 2 heterocycles. The molecule has 12 rings (SSSR count). The van der Waals surface area contributed by atoms with Crippen molar-refractivity contribution in [2.24, 2.45) is 0 Å². The van der Waals surface area contributed by atoms with Gasteiger partial charge in [0.05, 0.1) is 22.3 Å². The standard InChI is InChI=1S/C58H38N2O/c1-3-14-39(15-4-1)43-19-13-20-44(36-43)40-26-31-47(32-27-40)59(55-37-46-18-7-8-21-49(46)50-22-9-10-23-51(50)55)48-33-28-41(29-34-48)45-30-35-54-56(38-45)61-58-57(42-16-5-2-6-17-42)52-24-11-12-25-53(52)60(54)58/h1-38H. The van der Waals surface area contributed by atoms with Gasteiger partial charge in [-0.2, -0.15) is 0 Å². The van der Waals surface area contributed by atoms with Crippen LogP contribution >= 0.6 is 0 Å². The maximum atomic E-state index is 6.76. The van der Waals surface area contributed by atoms with Crippen LogP contribution in [0.1, 0.15) is 0 Å². The largest absolute Gasteiger partial charge is 0.438 e. The molecule has 2 aromatic heterocycles. The van der Waals surface area contributed by atoms with E-state index >= 15 is 0 Å². The molecule has 3 nitrogen and oxygen atoms in total. The second-order valence-corrected chi connectivity index (χ2v) is 15.7. The normalized spacial score (nSPS) is 11.6. The summed E-state index contributed by atoms with van der Waals surface area (Å²) in [7, 11) is 0. The van der Waals surface area contributed by atoms with Gasteiger partial charge < -0.3 is 9.32 Å². The molecule has 0 N–H and O–H groups in total. The van der Waals surface area contributed by atoms with Crippen molar-refractivity contribution in [3.63, 3.8) is 0 Å². The van der Waals surface area contributed by atoms with Crippen LogP contribution in [-0.4, -0.2) is 4.40 Å². The summed E-state index contributed by atoms with van der Waals surface area (Å²) >= 11 is 0. The van der Waals surface area contributed by atoms with E-state index in [1.165, 1.54) is 49.2 Å². The van der Waals surface area contributed by atoms with Crippen molar-refractivity contribution in [1.82, 2.24) is 4.40 Å². The van der Waals surface area contributed by atoms with E-state index < -0.39 is 0 Å². The zero-order valence-corrected chi connectivity index (χ0v) is 33.2. The number of rotatable bonds is 7. The molecular weight excluding hydrogens is 741 g/mol. The van der Waals surface area contributed by atoms with Crippen LogP contribution in [0.4, 0.5) is 17.1 Å². The highest BCUT2D eigenvalue weighted by Crippen LogP contribution is 2.44. The number of anilines is 3. The second kappa shape index (κ2) is 14.3. The zero-order valence-electron chi connectivity index (χ0n) is 33.2. The van der Waals surface area contributed by atoms with Gasteiger partial charge in [-0.15, -0.1) is 0 Å². The number of aromatic nitrogens is 1. The van der Waals surface area contributed by atoms with Crippen LogP contribution in [0.2, 0.25) is 0 Å². The molecule has 0 aliphatic heterocycles. The fourth-order valence-electron chi connectivity index (χ4n) is 9.26. The molecule has 0 saturated carbocycles. The van der Waals surface area contributed by atoms with Gasteiger partial charge in [0, 0.05) is 22.1 Å². The third kappa shape index (κ3) is 5.90. The predicted octanol–water partition coefficient (Wildman–Crippen LogP) is 16.3. The van der Waals surface area contributed by atoms with Crippen molar-refractivity contribution in [2.75, 3.05) is 4.90 Å². The van der Waals surface area contributed by atoms with Crippen molar-refractivity contribution in [3.8, 4) is 44.5 Å². The Bertz CT molecular complexity index is 3560. The molecule has 12 aromatic rings. The number of benzene rings is 10. The Hall–Kier alpha value is -8.14. The van der Waals surface area contributed by atoms with Crippen molar-refractivity contribution in [1.29, 1.82) is 0 Å². The van der Waals surface area contributed by atoms with Gasteiger partial charge in [-0.1, -0.05) is 176 Å². The van der Waals surface area contributed by atoms with E-state index in [4.69, 9.17) is 4.42 Å². The third-order valence-corrected chi connectivity index (χ3v) is 12.2. The van der Waals surface area contributed by atoms with Gasteiger partial charge in [0.2, 0.25) is 5.71 Å². The molecule has 286 valence electrons. The van der Waals surface area contributed by atoms with Crippen molar-refractivity contribution >= 4 is 66.3 Å². The van der Waals surface area contributed by atoms with E-state index in [2.05, 4.69) is 240 Å². The van der Waals surface area contributed by atoms with Crippen LogP contribution in [0.3, 0.4) is 0 Å². The first-order chi connectivity index (χ1) is 30.2. The van der Waals surface area contributed by atoms with Gasteiger partial charge >= 0.3 is 0 Å². The van der Waals surface area contributed by atoms with Gasteiger partial charge in [0.1, 0.15) is 0 Å². The average Bonchev–Trinajstić information content (AvgIpc) is 3.87. The molecule has 0 radical (unpaired) electrons. The Morgan fingerprint density at radius 1 is 0.328 bits per heavy atom. The van der Waals surface area contributed by atoms with Gasteiger partial charge in [-0.05, 0) is 110 Å². The number of hydrogen-bond donors (Lipinski definition) is 0. The molecule has 0 aliphatic carbocycles. The van der Waals surface area contributed by atoms with E-state index in [0.29, 0.717) is 0 Å². The summed E-state index contributed by atoms with van der Waals surface area (Å²) in [6, 6.07) is 82.8. The summed E-state index contributed by atoms with van der Waals surface area (Å²) in [6.45, 7) is 0. The van der Waals surface area contributed by atoms with Gasteiger partial charge in [-0.25, -0.2) is 0 Å². The lowest BCUT2D eigenvalue weighted by Crippen LogP contribution is -2.10. The van der Waals surface area contributed by atoms with E-state index in [9.17, 15) is 0 Å². The quantitative estimate of drug-likeness (QED) is 0.150. The van der Waals surface area contributed by atoms with Crippen LogP contribution in [0.15, 0.2) is 235 Å². The fourth-order valence-corrected chi connectivity index (χ4v) is 9.26. The van der Waals surface area contributed by atoms with E-state index in [-0.39, 0.29) is 0 Å². The summed E-state index contributed by atoms with van der Waals surface area (Å²) in [5.74, 6) is 0. The number of hydrogen-bond acceptors (Lipinski definition) is 2. The fraction of sp³-hybridized carbons (Fsp3) is 0. The van der Waals surface area contributed by atoms with E-state index in [1.807, 2.05) is 0 Å². The van der Waals surface area contributed by atoms with E-state index in [1.54, 1.807) is 0 Å². The minimum Gasteiger partial charge on any atom is -0.438 e. The molecule has 0 spiro atoms. The smallest absolute Gasteiger partial charge is 0.213 e. The first kappa shape index (κ1) is 34.9. The number of nitrogens with zero attached hydrogens (tertiary/aromatic N) is 2. The van der Waals surface area contributed by atoms with Gasteiger partial charge in [0.15, 0.2) is 5.58 Å². The zero-order chi connectivity index (χ0) is 40.3. The molecule has 0 amide bonds. The summed E-state index contributed by atoms with van der Waals surface area (Å²) < 4.78 is 9.02. The Balaban J connectivity index is 0.963. The van der Waals surface area contributed by atoms with Crippen LogP contribution in [0, 0.1) is 0 Å². The topological polar surface area (TPSA) is 20.8 Å². The lowest BCUT2D eigenvalue weighted by Gasteiger charge is -2.28. The predicted molar refractivity (Wildman–Crippen MR) is 256 cm³/mol. The highest BCUT2D eigenvalue weighted by atomic mass is 16.3. The molecule has 0 unspecified atom stereocenters. The van der Waals surface area contributed by atoms with E-state index in [0.717, 1.165) is 61.6 Å². The van der Waals surface area contributed by atoms with Crippen LogP contribution in [-0.2, 0) is 0 Å². The molecule has 0 aliphatic rings. The summed E-state index contributed by atoms with van der Waals surface area (Å²) in [5, 5.41) is 6.08. The molecule has 0 atom stereocenters. The summed E-state index contributed by atoms with van der Waals surface area (Å²) in [5.41, 5.74) is 16.5. The molecule has 61 heavy (non-hydrogen) atoms. The lowest BCUT2D eigenvalue weighted by atomic mass is 9.97. The van der Waals surface area contributed by atoms with Crippen LogP contribution < -0.4 is 4.90 Å².